The number of halogens is 1. The summed E-state index contributed by atoms with van der Waals surface area (Å²) in [5.74, 6) is 0.849. The number of hydrogen-bond acceptors (Lipinski definition) is 4. The minimum atomic E-state index is 0.000615. The van der Waals surface area contributed by atoms with E-state index in [1.54, 1.807) is 10.3 Å². The maximum Gasteiger partial charge on any atom is 0.236 e. The van der Waals surface area contributed by atoms with Gasteiger partial charge < -0.3 is 15.4 Å². The van der Waals surface area contributed by atoms with Crippen LogP contribution < -0.4 is 10.5 Å². The number of carbonyl (C=O) groups is 1. The van der Waals surface area contributed by atoms with Crippen LogP contribution in [0, 0.1) is 6.92 Å². The number of ether oxygens (including phenoxy) is 1. The Morgan fingerprint density at radius 3 is 2.33 bits per heavy atom. The van der Waals surface area contributed by atoms with Crippen molar-refractivity contribution in [2.24, 2.45) is 5.73 Å². The molecule has 0 atom stereocenters. The van der Waals surface area contributed by atoms with Gasteiger partial charge in [0.25, 0.3) is 0 Å². The van der Waals surface area contributed by atoms with Crippen LogP contribution in [0.1, 0.15) is 58.6 Å². The number of aryl methyl sites for hydroxylation is 1. The molecule has 1 aromatic rings. The van der Waals surface area contributed by atoms with Gasteiger partial charge in [0.15, 0.2) is 0 Å². The third-order valence-electron chi connectivity index (χ3n) is 4.11. The molecule has 6 heteroatoms. The molecule has 2 N–H and O–H groups in total. The first kappa shape index (κ1) is 25.8. The van der Waals surface area contributed by atoms with Gasteiger partial charge in [0.2, 0.25) is 5.91 Å². The predicted molar refractivity (Wildman–Crippen MR) is 121 cm³/mol. The Morgan fingerprint density at radius 1 is 1.30 bits per heavy atom. The van der Waals surface area contributed by atoms with E-state index in [1.165, 1.54) is 0 Å². The molecule has 1 amide bonds. The topological polar surface area (TPSA) is 55.6 Å². The summed E-state index contributed by atoms with van der Waals surface area (Å²) in [6, 6.07) is 3.80. The first-order valence-electron chi connectivity index (χ1n) is 9.72. The zero-order valence-corrected chi connectivity index (χ0v) is 19.2. The van der Waals surface area contributed by atoms with Crippen LogP contribution in [-0.4, -0.2) is 36.5 Å². The number of rotatable bonds is 4. The lowest BCUT2D eigenvalue weighted by atomic mass is 10.0. The van der Waals surface area contributed by atoms with Gasteiger partial charge in [-0.15, -0.1) is 0 Å². The van der Waals surface area contributed by atoms with Crippen molar-refractivity contribution >= 4 is 35.7 Å². The Morgan fingerprint density at radius 2 is 1.85 bits per heavy atom. The summed E-state index contributed by atoms with van der Waals surface area (Å²) >= 11 is 10.4. The van der Waals surface area contributed by atoms with Gasteiger partial charge in [-0.2, -0.15) is 12.6 Å². The number of thiol groups is 1. The highest BCUT2D eigenvalue weighted by atomic mass is 35.5. The molecule has 0 saturated carbocycles. The van der Waals surface area contributed by atoms with Gasteiger partial charge in [-0.05, 0) is 42.5 Å². The zero-order chi connectivity index (χ0) is 21.0. The maximum atomic E-state index is 11.6. The van der Waals surface area contributed by atoms with Crippen LogP contribution in [0.15, 0.2) is 17.5 Å². The number of benzene rings is 1. The smallest absolute Gasteiger partial charge is 0.236 e. The Labute approximate surface area is 175 Å². The molecule has 0 spiro atoms. The third kappa shape index (κ3) is 7.76. The normalized spacial score (nSPS) is 14.6. The highest BCUT2D eigenvalue weighted by molar-refractivity contribution is 7.83. The highest BCUT2D eigenvalue weighted by Crippen LogP contribution is 2.34. The predicted octanol–water partition coefficient (Wildman–Crippen LogP) is 5.32. The molecular formula is C21H35ClN2O2S. The van der Waals surface area contributed by atoms with Gasteiger partial charge in [-0.1, -0.05) is 39.3 Å². The standard InChI is InChI=1S/C17H23ClN2O2S.2C2H6/c1-11-7-13(18)8-15(12(2)10-23)17(11)22-14-3-5-20(6-4-14)16(21)9-19;2*1-2/h7-8,10,14,23H,3-6,9,19H2,1-2H3;2*1-2H3/b12-10-;;. The SMILES string of the molecule is C/C(=C/S)c1cc(Cl)cc(C)c1OC1CCN(C(=O)CN)CC1.CC.CC. The molecule has 1 saturated heterocycles. The molecule has 0 aromatic heterocycles. The van der Waals surface area contributed by atoms with Crippen LogP contribution >= 0.6 is 24.2 Å². The number of hydrogen-bond donors (Lipinski definition) is 2. The van der Waals surface area contributed by atoms with Crippen LogP contribution in [-0.2, 0) is 4.79 Å². The second kappa shape index (κ2) is 13.9. The van der Waals surface area contributed by atoms with Gasteiger partial charge in [-0.3, -0.25) is 4.79 Å². The number of piperidine rings is 1. The van der Waals surface area contributed by atoms with Crippen LogP contribution in [0.2, 0.25) is 5.02 Å². The van der Waals surface area contributed by atoms with E-state index in [-0.39, 0.29) is 18.6 Å². The number of nitrogens with two attached hydrogens (primary N) is 1. The lowest BCUT2D eigenvalue weighted by molar-refractivity contribution is -0.131. The first-order chi connectivity index (χ1) is 13.0. The van der Waals surface area contributed by atoms with Gasteiger partial charge in [0, 0.05) is 36.5 Å². The molecule has 1 aliphatic heterocycles. The summed E-state index contributed by atoms with van der Waals surface area (Å²) in [7, 11) is 0. The number of allylic oxidation sites excluding steroid dienone is 1. The van der Waals surface area contributed by atoms with Crippen molar-refractivity contribution in [3.05, 3.63) is 33.7 Å². The Bertz CT molecular complexity index is 612. The Kier molecular flexibility index (Phi) is 13.3. The Hall–Kier alpha value is -1.17. The van der Waals surface area contributed by atoms with Gasteiger partial charge in [-0.25, -0.2) is 0 Å². The van der Waals surface area contributed by atoms with Crippen molar-refractivity contribution in [1.82, 2.24) is 4.90 Å². The van der Waals surface area contributed by atoms with E-state index in [1.807, 2.05) is 53.7 Å². The van der Waals surface area contributed by atoms with Crippen molar-refractivity contribution < 1.29 is 9.53 Å². The molecule has 0 bridgehead atoms. The second-order valence-corrected chi connectivity index (χ2v) is 6.51. The van der Waals surface area contributed by atoms with Gasteiger partial charge in [0.1, 0.15) is 11.9 Å². The minimum Gasteiger partial charge on any atom is -0.489 e. The fourth-order valence-corrected chi connectivity index (χ4v) is 3.18. The van der Waals surface area contributed by atoms with E-state index < -0.39 is 0 Å². The monoisotopic (exact) mass is 414 g/mol. The van der Waals surface area contributed by atoms with Crippen molar-refractivity contribution in [2.45, 2.75) is 60.5 Å². The van der Waals surface area contributed by atoms with Crippen molar-refractivity contribution in [2.75, 3.05) is 19.6 Å². The molecule has 1 aromatic carbocycles. The number of carbonyl (C=O) groups excluding carboxylic acids is 1. The van der Waals surface area contributed by atoms with Crippen molar-refractivity contribution in [1.29, 1.82) is 0 Å². The molecule has 1 heterocycles. The van der Waals surface area contributed by atoms with Gasteiger partial charge in [0.05, 0.1) is 6.54 Å². The van der Waals surface area contributed by atoms with E-state index in [4.69, 9.17) is 22.1 Å². The van der Waals surface area contributed by atoms with E-state index in [0.717, 1.165) is 35.3 Å². The fraction of sp³-hybridized carbons (Fsp3) is 0.571. The maximum absolute atomic E-state index is 11.6. The van der Waals surface area contributed by atoms with Crippen molar-refractivity contribution in [3.8, 4) is 5.75 Å². The summed E-state index contributed by atoms with van der Waals surface area (Å²) in [6.07, 6.45) is 1.69. The molecule has 27 heavy (non-hydrogen) atoms. The molecule has 0 unspecified atom stereocenters. The van der Waals surface area contributed by atoms with E-state index in [2.05, 4.69) is 12.6 Å². The summed E-state index contributed by atoms with van der Waals surface area (Å²) < 4.78 is 6.25. The number of nitrogens with zero attached hydrogens (tertiary/aromatic N) is 1. The minimum absolute atomic E-state index is 0.000615. The third-order valence-corrected chi connectivity index (χ3v) is 4.72. The highest BCUT2D eigenvalue weighted by Gasteiger charge is 2.24. The summed E-state index contributed by atoms with van der Waals surface area (Å²) in [6.45, 7) is 13.4. The van der Waals surface area contributed by atoms with E-state index >= 15 is 0 Å². The lowest BCUT2D eigenvalue weighted by Crippen LogP contribution is -2.44. The number of amides is 1. The molecule has 1 fully saturated rings. The first-order valence-corrected chi connectivity index (χ1v) is 10.6. The lowest BCUT2D eigenvalue weighted by Gasteiger charge is -2.32. The summed E-state index contributed by atoms with van der Waals surface area (Å²) in [4.78, 5) is 13.4. The summed E-state index contributed by atoms with van der Waals surface area (Å²) in [5, 5.41) is 2.43. The van der Waals surface area contributed by atoms with Crippen LogP contribution in [0.4, 0.5) is 0 Å². The van der Waals surface area contributed by atoms with Crippen molar-refractivity contribution in [3.63, 3.8) is 0 Å². The van der Waals surface area contributed by atoms with Gasteiger partial charge >= 0.3 is 0 Å². The zero-order valence-electron chi connectivity index (χ0n) is 17.5. The molecule has 0 radical (unpaired) electrons. The van der Waals surface area contributed by atoms with Crippen LogP contribution in [0.3, 0.4) is 0 Å². The average Bonchev–Trinajstić information content (AvgIpc) is 2.72. The number of likely N-dealkylation sites (tertiary alicyclic amines) is 1. The van der Waals surface area contributed by atoms with E-state index in [9.17, 15) is 4.79 Å². The quantitative estimate of drug-likeness (QED) is 0.655. The molecule has 154 valence electrons. The van der Waals surface area contributed by atoms with Crippen LogP contribution in [0.25, 0.3) is 5.57 Å². The molecular weight excluding hydrogens is 380 g/mol. The van der Waals surface area contributed by atoms with E-state index in [0.29, 0.717) is 18.1 Å². The largest absolute Gasteiger partial charge is 0.489 e. The molecule has 0 aliphatic carbocycles. The van der Waals surface area contributed by atoms with Crippen LogP contribution in [0.5, 0.6) is 5.75 Å². The average molecular weight is 415 g/mol. The molecule has 4 nitrogen and oxygen atoms in total. The summed E-state index contributed by atoms with van der Waals surface area (Å²) in [5.41, 5.74) is 8.39. The molecule has 1 aliphatic rings. The fourth-order valence-electron chi connectivity index (χ4n) is 2.77. The Balaban J connectivity index is 0.00000158. The second-order valence-electron chi connectivity index (χ2n) is 5.81. The molecule has 2 rings (SSSR count).